The molecule has 27 heavy (non-hydrogen) atoms. The third-order valence-electron chi connectivity index (χ3n) is 5.41. The number of para-hydroxylation sites is 2. The fourth-order valence-electron chi connectivity index (χ4n) is 3.86. The van der Waals surface area contributed by atoms with Gasteiger partial charge in [0, 0.05) is 26.1 Å². The Morgan fingerprint density at radius 2 is 2.00 bits per heavy atom. The summed E-state index contributed by atoms with van der Waals surface area (Å²) in [4.78, 5) is 29.3. The highest BCUT2D eigenvalue weighted by Gasteiger charge is 2.24. The van der Waals surface area contributed by atoms with Crippen LogP contribution < -0.4 is 19.9 Å². The van der Waals surface area contributed by atoms with E-state index in [0.717, 1.165) is 63.5 Å². The zero-order chi connectivity index (χ0) is 19.1. The summed E-state index contributed by atoms with van der Waals surface area (Å²) >= 11 is 0. The van der Waals surface area contributed by atoms with Crippen molar-refractivity contribution in [2.45, 2.75) is 19.3 Å². The molecular formula is C20H31N4O3+. The summed E-state index contributed by atoms with van der Waals surface area (Å²) in [6.07, 6.45) is 2.47. The van der Waals surface area contributed by atoms with Crippen molar-refractivity contribution in [2.75, 3.05) is 64.4 Å². The first-order valence-corrected chi connectivity index (χ1v) is 9.93. The Morgan fingerprint density at radius 3 is 2.70 bits per heavy atom. The second-order valence-electron chi connectivity index (χ2n) is 7.27. The molecule has 0 aliphatic carbocycles. The van der Waals surface area contributed by atoms with E-state index in [1.165, 1.54) is 4.90 Å². The molecule has 0 unspecified atom stereocenters. The topological polar surface area (TPSA) is 66.3 Å². The first kappa shape index (κ1) is 19.5. The number of anilines is 1. The van der Waals surface area contributed by atoms with Crippen molar-refractivity contribution in [1.29, 1.82) is 0 Å². The summed E-state index contributed by atoms with van der Waals surface area (Å²) < 4.78 is 5.45. The van der Waals surface area contributed by atoms with Gasteiger partial charge in [0.25, 0.3) is 5.91 Å². The van der Waals surface area contributed by atoms with Crippen LogP contribution in [0.25, 0.3) is 0 Å². The van der Waals surface area contributed by atoms with E-state index in [-0.39, 0.29) is 11.8 Å². The number of hydrogen-bond acceptors (Lipinski definition) is 4. The number of piperazine rings is 1. The van der Waals surface area contributed by atoms with Crippen LogP contribution in [0.15, 0.2) is 24.3 Å². The van der Waals surface area contributed by atoms with Gasteiger partial charge in [0.2, 0.25) is 5.91 Å². The van der Waals surface area contributed by atoms with Crippen molar-refractivity contribution in [3.8, 4) is 5.75 Å². The molecule has 2 fully saturated rings. The molecular weight excluding hydrogens is 344 g/mol. The van der Waals surface area contributed by atoms with Crippen molar-refractivity contribution in [3.63, 3.8) is 0 Å². The molecule has 1 aromatic rings. The van der Waals surface area contributed by atoms with Gasteiger partial charge in [-0.3, -0.25) is 9.59 Å². The molecule has 2 heterocycles. The van der Waals surface area contributed by atoms with Gasteiger partial charge in [0.1, 0.15) is 5.75 Å². The van der Waals surface area contributed by atoms with Crippen LogP contribution in [0.2, 0.25) is 0 Å². The molecule has 1 aromatic carbocycles. The zero-order valence-corrected chi connectivity index (χ0v) is 16.2. The largest absolute Gasteiger partial charge is 0.495 e. The molecule has 0 saturated carbocycles. The number of nitrogens with one attached hydrogen (secondary N) is 2. The number of amides is 2. The molecule has 3 rings (SSSR count). The normalized spacial score (nSPS) is 18.0. The molecule has 2 N–H and O–H groups in total. The molecule has 2 aliphatic heterocycles. The first-order chi connectivity index (χ1) is 13.2. The number of likely N-dealkylation sites (tertiary alicyclic amines) is 1. The number of carbonyl (C=O) groups excluding carboxylic acids is 2. The van der Waals surface area contributed by atoms with Gasteiger partial charge in [-0.1, -0.05) is 12.1 Å². The van der Waals surface area contributed by atoms with E-state index in [0.29, 0.717) is 19.5 Å². The number of ether oxygens (including phenoxy) is 1. The SMILES string of the molecule is COc1ccccc1N1CC[NH+](CC(=O)NCCCN2CCCC2=O)CC1. The van der Waals surface area contributed by atoms with Crippen molar-refractivity contribution in [1.82, 2.24) is 10.2 Å². The smallest absolute Gasteiger partial charge is 0.275 e. The minimum Gasteiger partial charge on any atom is -0.495 e. The number of benzene rings is 1. The standard InChI is InChI=1S/C20H30N4O3/c1-27-18-7-3-2-6-17(18)23-14-12-22(13-15-23)16-19(25)21-9-5-11-24-10-4-8-20(24)26/h2-3,6-7H,4-5,8-16H2,1H3,(H,21,25)/p+1. The van der Waals surface area contributed by atoms with E-state index in [9.17, 15) is 9.59 Å². The third kappa shape index (κ3) is 5.35. The zero-order valence-electron chi connectivity index (χ0n) is 16.2. The van der Waals surface area contributed by atoms with Crippen molar-refractivity contribution < 1.29 is 19.2 Å². The van der Waals surface area contributed by atoms with E-state index in [1.807, 2.05) is 23.1 Å². The molecule has 2 saturated heterocycles. The summed E-state index contributed by atoms with van der Waals surface area (Å²) in [5.74, 6) is 1.25. The molecule has 0 radical (unpaired) electrons. The Morgan fingerprint density at radius 1 is 1.22 bits per heavy atom. The van der Waals surface area contributed by atoms with Crippen LogP contribution in [0, 0.1) is 0 Å². The van der Waals surface area contributed by atoms with Crippen LogP contribution in [-0.2, 0) is 9.59 Å². The lowest BCUT2D eigenvalue weighted by Crippen LogP contribution is -3.16. The fourth-order valence-corrected chi connectivity index (χ4v) is 3.86. The van der Waals surface area contributed by atoms with Gasteiger partial charge in [0.05, 0.1) is 39.0 Å². The van der Waals surface area contributed by atoms with Crippen LogP contribution >= 0.6 is 0 Å². The van der Waals surface area contributed by atoms with E-state index in [2.05, 4.69) is 16.3 Å². The molecule has 2 aliphatic rings. The lowest BCUT2D eigenvalue weighted by molar-refractivity contribution is -0.892. The summed E-state index contributed by atoms with van der Waals surface area (Å²) in [5, 5.41) is 3.00. The second-order valence-corrected chi connectivity index (χ2v) is 7.27. The Hall–Kier alpha value is -2.28. The maximum atomic E-state index is 12.2. The van der Waals surface area contributed by atoms with Crippen LogP contribution in [-0.4, -0.2) is 76.2 Å². The highest BCUT2D eigenvalue weighted by Crippen LogP contribution is 2.27. The summed E-state index contributed by atoms with van der Waals surface area (Å²) in [6, 6.07) is 8.08. The summed E-state index contributed by atoms with van der Waals surface area (Å²) in [5.41, 5.74) is 1.12. The Bertz CT molecular complexity index is 644. The number of quaternary nitrogens is 1. The highest BCUT2D eigenvalue weighted by molar-refractivity contribution is 5.78. The monoisotopic (exact) mass is 375 g/mol. The van der Waals surface area contributed by atoms with Gasteiger partial charge >= 0.3 is 0 Å². The fraction of sp³-hybridized carbons (Fsp3) is 0.600. The Balaban J connectivity index is 1.34. The average molecular weight is 375 g/mol. The van der Waals surface area contributed by atoms with Gasteiger partial charge in [-0.15, -0.1) is 0 Å². The quantitative estimate of drug-likeness (QED) is 0.603. The number of rotatable bonds is 8. The number of hydrogen-bond donors (Lipinski definition) is 2. The van der Waals surface area contributed by atoms with E-state index in [1.54, 1.807) is 7.11 Å². The predicted octanol–water partition coefficient (Wildman–Crippen LogP) is -0.471. The maximum Gasteiger partial charge on any atom is 0.275 e. The average Bonchev–Trinajstić information content (AvgIpc) is 3.10. The molecule has 0 atom stereocenters. The van der Waals surface area contributed by atoms with Gasteiger partial charge in [-0.2, -0.15) is 0 Å². The Labute approximate surface area is 161 Å². The van der Waals surface area contributed by atoms with Crippen molar-refractivity contribution in [3.05, 3.63) is 24.3 Å². The van der Waals surface area contributed by atoms with E-state index >= 15 is 0 Å². The molecule has 7 heteroatoms. The Kier molecular flexibility index (Phi) is 6.92. The lowest BCUT2D eigenvalue weighted by Gasteiger charge is -2.34. The maximum absolute atomic E-state index is 12.2. The van der Waals surface area contributed by atoms with Gasteiger partial charge < -0.3 is 24.8 Å². The highest BCUT2D eigenvalue weighted by atomic mass is 16.5. The van der Waals surface area contributed by atoms with Crippen LogP contribution in [0.1, 0.15) is 19.3 Å². The number of methoxy groups -OCH3 is 1. The van der Waals surface area contributed by atoms with Gasteiger partial charge in [-0.25, -0.2) is 0 Å². The summed E-state index contributed by atoms with van der Waals surface area (Å²) in [7, 11) is 1.70. The molecule has 0 spiro atoms. The first-order valence-electron chi connectivity index (χ1n) is 9.93. The van der Waals surface area contributed by atoms with Gasteiger partial charge in [0.15, 0.2) is 6.54 Å². The number of nitrogens with zero attached hydrogens (tertiary/aromatic N) is 2. The summed E-state index contributed by atoms with van der Waals surface area (Å²) in [6.45, 7) is 6.49. The van der Waals surface area contributed by atoms with Gasteiger partial charge in [-0.05, 0) is 25.0 Å². The minimum absolute atomic E-state index is 0.100. The third-order valence-corrected chi connectivity index (χ3v) is 5.41. The lowest BCUT2D eigenvalue weighted by atomic mass is 10.2. The molecule has 0 aromatic heterocycles. The minimum atomic E-state index is 0.100. The van der Waals surface area contributed by atoms with Crippen molar-refractivity contribution in [2.24, 2.45) is 0 Å². The van der Waals surface area contributed by atoms with E-state index < -0.39 is 0 Å². The molecule has 2 amide bonds. The van der Waals surface area contributed by atoms with Crippen LogP contribution in [0.4, 0.5) is 5.69 Å². The second kappa shape index (κ2) is 9.60. The molecule has 148 valence electrons. The van der Waals surface area contributed by atoms with Crippen LogP contribution in [0.5, 0.6) is 5.75 Å². The van der Waals surface area contributed by atoms with Crippen molar-refractivity contribution >= 4 is 17.5 Å². The molecule has 0 bridgehead atoms. The number of carbonyl (C=O) groups is 2. The predicted molar refractivity (Wildman–Crippen MR) is 104 cm³/mol. The van der Waals surface area contributed by atoms with Crippen LogP contribution in [0.3, 0.4) is 0 Å². The van der Waals surface area contributed by atoms with E-state index in [4.69, 9.17) is 4.74 Å². The molecule has 7 nitrogen and oxygen atoms in total.